The Labute approximate surface area is 189 Å². The molecule has 0 saturated carbocycles. The summed E-state index contributed by atoms with van der Waals surface area (Å²) >= 11 is 5.78. The van der Waals surface area contributed by atoms with Gasteiger partial charge in [-0.25, -0.2) is 9.18 Å². The zero-order valence-corrected chi connectivity index (χ0v) is 18.3. The quantitative estimate of drug-likeness (QED) is 0.564. The molecule has 32 heavy (non-hydrogen) atoms. The van der Waals surface area contributed by atoms with Crippen LogP contribution in [0, 0.1) is 17.1 Å². The van der Waals surface area contributed by atoms with Gasteiger partial charge in [-0.3, -0.25) is 4.57 Å². The molecule has 1 unspecified atom stereocenters. The molecule has 0 aliphatic carbocycles. The van der Waals surface area contributed by atoms with Crippen LogP contribution >= 0.6 is 11.6 Å². The molecule has 0 saturated heterocycles. The van der Waals surface area contributed by atoms with Crippen LogP contribution in [0.4, 0.5) is 10.2 Å². The number of anilines is 1. The summed E-state index contributed by atoms with van der Waals surface area (Å²) in [6.45, 7) is 2.84. The molecule has 1 atom stereocenters. The second-order valence-electron chi connectivity index (χ2n) is 7.54. The van der Waals surface area contributed by atoms with Crippen LogP contribution in [-0.2, 0) is 13.2 Å². The van der Waals surface area contributed by atoms with Crippen molar-refractivity contribution in [3.63, 3.8) is 0 Å². The molecule has 0 fully saturated rings. The minimum absolute atomic E-state index is 0.0699. The van der Waals surface area contributed by atoms with E-state index in [0.29, 0.717) is 29.6 Å². The highest BCUT2D eigenvalue weighted by molar-refractivity contribution is 6.30. The van der Waals surface area contributed by atoms with Crippen LogP contribution in [0.5, 0.6) is 17.4 Å². The van der Waals surface area contributed by atoms with Gasteiger partial charge in [0.1, 0.15) is 35.8 Å². The molecule has 2 heterocycles. The van der Waals surface area contributed by atoms with E-state index in [9.17, 15) is 14.4 Å². The number of benzene rings is 2. The predicted octanol–water partition coefficient (Wildman–Crippen LogP) is 4.51. The Hall–Kier alpha value is -3.57. The zero-order valence-electron chi connectivity index (χ0n) is 17.5. The first-order valence-corrected chi connectivity index (χ1v) is 10.4. The molecule has 0 N–H and O–H groups in total. The highest BCUT2D eigenvalue weighted by Crippen LogP contribution is 2.29. The van der Waals surface area contributed by atoms with Gasteiger partial charge in [-0.05, 0) is 43.2 Å². The van der Waals surface area contributed by atoms with Crippen LogP contribution in [0.2, 0.25) is 5.02 Å². The standard InChI is InChI=1S/C23H20ClFN4O3/c1-14-7-8-29-22(28(14)2)11-21(27-23(29)30)31-13-15-3-6-20(16(9-15)12-26)32-17-4-5-19(25)18(24)10-17/h3-6,9-11,14H,7-8,13H2,1-2H3. The Balaban J connectivity index is 1.51. The van der Waals surface area contributed by atoms with Gasteiger partial charge in [0.15, 0.2) is 0 Å². The second-order valence-corrected chi connectivity index (χ2v) is 7.95. The molecular formula is C23H20ClFN4O3. The Morgan fingerprint density at radius 1 is 1.28 bits per heavy atom. The van der Waals surface area contributed by atoms with Gasteiger partial charge >= 0.3 is 5.69 Å². The summed E-state index contributed by atoms with van der Waals surface area (Å²) in [6, 6.07) is 13.1. The summed E-state index contributed by atoms with van der Waals surface area (Å²) in [6.07, 6.45) is 0.876. The summed E-state index contributed by atoms with van der Waals surface area (Å²) < 4.78 is 26.4. The van der Waals surface area contributed by atoms with Crippen molar-refractivity contribution in [3.05, 3.63) is 74.9 Å². The van der Waals surface area contributed by atoms with Crippen molar-refractivity contribution < 1.29 is 13.9 Å². The molecule has 7 nitrogen and oxygen atoms in total. The third kappa shape index (κ3) is 4.39. The number of nitriles is 1. The largest absolute Gasteiger partial charge is 0.473 e. The van der Waals surface area contributed by atoms with Gasteiger partial charge in [0.25, 0.3) is 0 Å². The molecule has 4 rings (SSSR count). The first-order valence-electron chi connectivity index (χ1n) is 9.99. The van der Waals surface area contributed by atoms with Gasteiger partial charge in [0.05, 0.1) is 10.6 Å². The summed E-state index contributed by atoms with van der Waals surface area (Å²) in [7, 11) is 1.94. The maximum Gasteiger partial charge on any atom is 0.352 e. The second kappa shape index (κ2) is 8.89. The molecule has 0 amide bonds. The molecule has 1 aromatic heterocycles. The van der Waals surface area contributed by atoms with E-state index in [1.807, 2.05) is 11.9 Å². The maximum absolute atomic E-state index is 13.3. The van der Waals surface area contributed by atoms with E-state index in [1.54, 1.807) is 28.8 Å². The minimum Gasteiger partial charge on any atom is -0.473 e. The van der Waals surface area contributed by atoms with Crippen LogP contribution < -0.4 is 20.1 Å². The molecular weight excluding hydrogens is 435 g/mol. The lowest BCUT2D eigenvalue weighted by Gasteiger charge is -2.34. The maximum atomic E-state index is 13.3. The van der Waals surface area contributed by atoms with Gasteiger partial charge in [-0.2, -0.15) is 10.2 Å². The van der Waals surface area contributed by atoms with Crippen molar-refractivity contribution in [3.8, 4) is 23.4 Å². The minimum atomic E-state index is -0.553. The third-order valence-electron chi connectivity index (χ3n) is 5.43. The van der Waals surface area contributed by atoms with E-state index in [-0.39, 0.29) is 28.8 Å². The van der Waals surface area contributed by atoms with Crippen molar-refractivity contribution in [2.75, 3.05) is 11.9 Å². The van der Waals surface area contributed by atoms with Crippen LogP contribution in [-0.4, -0.2) is 22.6 Å². The molecule has 3 aromatic rings. The van der Waals surface area contributed by atoms with Crippen molar-refractivity contribution in [2.45, 2.75) is 32.5 Å². The first-order chi connectivity index (χ1) is 15.4. The SMILES string of the molecule is CC1CCn2c(cc(OCc3ccc(Oc4ccc(F)c(Cl)c4)c(C#N)c3)nc2=O)N1C. The van der Waals surface area contributed by atoms with Crippen molar-refractivity contribution in [1.29, 1.82) is 5.26 Å². The number of fused-ring (bicyclic) bond motifs is 1. The fraction of sp³-hybridized carbons (Fsp3) is 0.261. The highest BCUT2D eigenvalue weighted by atomic mass is 35.5. The average Bonchev–Trinajstić information content (AvgIpc) is 2.78. The van der Waals surface area contributed by atoms with E-state index in [4.69, 9.17) is 21.1 Å². The predicted molar refractivity (Wildman–Crippen MR) is 118 cm³/mol. The van der Waals surface area contributed by atoms with E-state index >= 15 is 0 Å². The highest BCUT2D eigenvalue weighted by Gasteiger charge is 2.22. The number of ether oxygens (including phenoxy) is 2. The number of rotatable bonds is 5. The Morgan fingerprint density at radius 3 is 2.84 bits per heavy atom. The van der Waals surface area contributed by atoms with E-state index < -0.39 is 5.82 Å². The Kier molecular flexibility index (Phi) is 6.01. The lowest BCUT2D eigenvalue weighted by molar-refractivity contribution is 0.289. The molecule has 9 heteroatoms. The number of hydrogen-bond acceptors (Lipinski definition) is 6. The van der Waals surface area contributed by atoms with Crippen LogP contribution in [0.1, 0.15) is 24.5 Å². The van der Waals surface area contributed by atoms with Crippen molar-refractivity contribution in [1.82, 2.24) is 9.55 Å². The number of halogens is 2. The first kappa shape index (κ1) is 21.7. The average molecular weight is 455 g/mol. The fourth-order valence-corrected chi connectivity index (χ4v) is 3.62. The molecule has 1 aliphatic heterocycles. The summed E-state index contributed by atoms with van der Waals surface area (Å²) in [5.41, 5.74) is 0.627. The van der Waals surface area contributed by atoms with E-state index in [1.165, 1.54) is 18.2 Å². The Bertz CT molecular complexity index is 1270. The lowest BCUT2D eigenvalue weighted by Crippen LogP contribution is -2.41. The smallest absolute Gasteiger partial charge is 0.352 e. The van der Waals surface area contributed by atoms with Crippen molar-refractivity contribution >= 4 is 17.4 Å². The van der Waals surface area contributed by atoms with E-state index in [0.717, 1.165) is 12.2 Å². The van der Waals surface area contributed by atoms with Gasteiger partial charge in [0, 0.05) is 31.8 Å². The van der Waals surface area contributed by atoms with Gasteiger partial charge in [-0.15, -0.1) is 0 Å². The fourth-order valence-electron chi connectivity index (χ4n) is 3.45. The van der Waals surface area contributed by atoms with Gasteiger partial charge in [0.2, 0.25) is 5.88 Å². The normalized spacial score (nSPS) is 15.1. The van der Waals surface area contributed by atoms with Crippen LogP contribution in [0.3, 0.4) is 0 Å². The molecule has 2 aromatic carbocycles. The molecule has 164 valence electrons. The molecule has 0 bridgehead atoms. The Morgan fingerprint density at radius 2 is 2.09 bits per heavy atom. The number of nitrogens with zero attached hydrogens (tertiary/aromatic N) is 4. The third-order valence-corrected chi connectivity index (χ3v) is 5.72. The van der Waals surface area contributed by atoms with Gasteiger partial charge < -0.3 is 14.4 Å². The topological polar surface area (TPSA) is 80.4 Å². The van der Waals surface area contributed by atoms with Crippen LogP contribution in [0.15, 0.2) is 47.3 Å². The molecule has 0 spiro atoms. The monoisotopic (exact) mass is 454 g/mol. The van der Waals surface area contributed by atoms with Gasteiger partial charge in [-0.1, -0.05) is 17.7 Å². The summed E-state index contributed by atoms with van der Waals surface area (Å²) in [5, 5.41) is 9.44. The lowest BCUT2D eigenvalue weighted by atomic mass is 10.1. The van der Waals surface area contributed by atoms with Crippen LogP contribution in [0.25, 0.3) is 0 Å². The van der Waals surface area contributed by atoms with E-state index in [2.05, 4.69) is 18.0 Å². The summed E-state index contributed by atoms with van der Waals surface area (Å²) in [5.74, 6) is 1.05. The molecule has 0 radical (unpaired) electrons. The zero-order chi connectivity index (χ0) is 22.8. The van der Waals surface area contributed by atoms with Crippen molar-refractivity contribution in [2.24, 2.45) is 0 Å². The number of aromatic nitrogens is 2. The molecule has 1 aliphatic rings. The number of hydrogen-bond donors (Lipinski definition) is 0. The summed E-state index contributed by atoms with van der Waals surface area (Å²) in [4.78, 5) is 18.4.